The van der Waals surface area contributed by atoms with Crippen molar-refractivity contribution in [2.75, 3.05) is 6.54 Å². The molecule has 2 aromatic heterocycles. The summed E-state index contributed by atoms with van der Waals surface area (Å²) in [7, 11) is 0. The summed E-state index contributed by atoms with van der Waals surface area (Å²) in [6.45, 7) is 1.50. The van der Waals surface area contributed by atoms with Gasteiger partial charge in [-0.15, -0.1) is 0 Å². The molecule has 4 aromatic rings. The van der Waals surface area contributed by atoms with E-state index in [1.807, 2.05) is 30.3 Å². The number of aromatic nitrogens is 2. The van der Waals surface area contributed by atoms with E-state index in [9.17, 15) is 4.79 Å². The first-order valence-electron chi connectivity index (χ1n) is 8.59. The smallest absolute Gasteiger partial charge is 0.251 e. The van der Waals surface area contributed by atoms with E-state index in [1.165, 1.54) is 10.9 Å². The fraction of sp³-hybridized carbons (Fsp3) is 0.143. The average molecular weight is 364 g/mol. The topological polar surface area (TPSA) is 46.9 Å². The molecule has 0 aliphatic carbocycles. The Balaban J connectivity index is 1.36. The second kappa shape index (κ2) is 7.18. The van der Waals surface area contributed by atoms with Gasteiger partial charge in [0.25, 0.3) is 5.91 Å². The van der Waals surface area contributed by atoms with E-state index in [2.05, 4.69) is 39.3 Å². The second-order valence-electron chi connectivity index (χ2n) is 6.22. The summed E-state index contributed by atoms with van der Waals surface area (Å²) in [4.78, 5) is 16.6. The van der Waals surface area contributed by atoms with Crippen molar-refractivity contribution in [2.45, 2.75) is 13.0 Å². The number of nitrogens with zero attached hydrogens (tertiary/aromatic N) is 2. The molecule has 0 bridgehead atoms. The minimum atomic E-state index is -0.0702. The van der Waals surface area contributed by atoms with Crippen LogP contribution in [-0.4, -0.2) is 22.0 Å². The van der Waals surface area contributed by atoms with Crippen LogP contribution >= 0.6 is 11.6 Å². The Kier molecular flexibility index (Phi) is 4.59. The third kappa shape index (κ3) is 3.41. The normalized spacial score (nSPS) is 11.1. The van der Waals surface area contributed by atoms with Crippen molar-refractivity contribution in [1.29, 1.82) is 0 Å². The number of hydrogen-bond donors (Lipinski definition) is 1. The molecule has 0 aliphatic heterocycles. The SMILES string of the molecule is O=C(NCCCn1ccc2ccccc21)c1ccc2nc(Cl)ccc2c1. The number of amides is 1. The van der Waals surface area contributed by atoms with Crippen LogP contribution in [0.2, 0.25) is 5.15 Å². The number of pyridine rings is 1. The largest absolute Gasteiger partial charge is 0.352 e. The lowest BCUT2D eigenvalue weighted by Crippen LogP contribution is -2.25. The highest BCUT2D eigenvalue weighted by atomic mass is 35.5. The average Bonchev–Trinajstić information content (AvgIpc) is 3.08. The number of carbonyl (C=O) groups excluding carboxylic acids is 1. The predicted molar refractivity (Wildman–Crippen MR) is 106 cm³/mol. The van der Waals surface area contributed by atoms with Crippen molar-refractivity contribution in [3.05, 3.63) is 77.6 Å². The monoisotopic (exact) mass is 363 g/mol. The Hall–Kier alpha value is -2.85. The summed E-state index contributed by atoms with van der Waals surface area (Å²) in [6.07, 6.45) is 2.96. The Morgan fingerprint density at radius 3 is 2.85 bits per heavy atom. The number of rotatable bonds is 5. The van der Waals surface area contributed by atoms with Gasteiger partial charge in [-0.25, -0.2) is 4.98 Å². The summed E-state index contributed by atoms with van der Waals surface area (Å²) in [6, 6.07) is 19.5. The van der Waals surface area contributed by atoms with E-state index in [4.69, 9.17) is 11.6 Å². The summed E-state index contributed by atoms with van der Waals surface area (Å²) in [5, 5.41) is 5.58. The third-order valence-electron chi connectivity index (χ3n) is 4.46. The van der Waals surface area contributed by atoms with Crippen LogP contribution in [0.4, 0.5) is 0 Å². The second-order valence-corrected chi connectivity index (χ2v) is 6.61. The summed E-state index contributed by atoms with van der Waals surface area (Å²) in [5.41, 5.74) is 2.64. The molecule has 0 saturated carbocycles. The fourth-order valence-corrected chi connectivity index (χ4v) is 3.28. The first kappa shape index (κ1) is 16.6. The van der Waals surface area contributed by atoms with Gasteiger partial charge in [-0.3, -0.25) is 4.79 Å². The number of halogens is 1. The summed E-state index contributed by atoms with van der Waals surface area (Å²) >= 11 is 5.89. The summed E-state index contributed by atoms with van der Waals surface area (Å²) < 4.78 is 2.22. The van der Waals surface area contributed by atoms with Gasteiger partial charge in [-0.05, 0) is 54.3 Å². The van der Waals surface area contributed by atoms with E-state index in [-0.39, 0.29) is 5.91 Å². The van der Waals surface area contributed by atoms with Gasteiger partial charge >= 0.3 is 0 Å². The van der Waals surface area contributed by atoms with Gasteiger partial charge in [0.15, 0.2) is 0 Å². The lowest BCUT2D eigenvalue weighted by Gasteiger charge is -2.08. The van der Waals surface area contributed by atoms with E-state index in [0.29, 0.717) is 17.3 Å². The van der Waals surface area contributed by atoms with Crippen LogP contribution < -0.4 is 5.32 Å². The van der Waals surface area contributed by atoms with Crippen LogP contribution in [0.5, 0.6) is 0 Å². The van der Waals surface area contributed by atoms with Gasteiger partial charge in [0, 0.05) is 35.8 Å². The fourth-order valence-electron chi connectivity index (χ4n) is 3.13. The van der Waals surface area contributed by atoms with Crippen LogP contribution in [-0.2, 0) is 6.54 Å². The summed E-state index contributed by atoms with van der Waals surface area (Å²) in [5.74, 6) is -0.0702. The molecule has 4 nitrogen and oxygen atoms in total. The molecule has 1 amide bonds. The van der Waals surface area contributed by atoms with Crippen LogP contribution in [0.25, 0.3) is 21.8 Å². The zero-order valence-corrected chi connectivity index (χ0v) is 14.9. The molecule has 0 atom stereocenters. The van der Waals surface area contributed by atoms with Gasteiger partial charge in [-0.1, -0.05) is 29.8 Å². The van der Waals surface area contributed by atoms with Crippen molar-refractivity contribution >= 4 is 39.3 Å². The Labute approximate surface area is 156 Å². The number of aryl methyl sites for hydroxylation is 1. The molecular weight excluding hydrogens is 346 g/mol. The Bertz CT molecular complexity index is 1090. The lowest BCUT2D eigenvalue weighted by molar-refractivity contribution is 0.0953. The standard InChI is InChI=1S/C21H18ClN3O/c22-20-9-7-16-14-17(6-8-18(16)24-20)21(26)23-11-3-12-25-13-10-15-4-1-2-5-19(15)25/h1-2,4-10,13-14H,3,11-12H2,(H,23,26). The Morgan fingerprint density at radius 1 is 1.04 bits per heavy atom. The molecule has 0 unspecified atom stereocenters. The van der Waals surface area contributed by atoms with Gasteiger partial charge in [0.1, 0.15) is 5.15 Å². The first-order chi connectivity index (χ1) is 12.7. The number of hydrogen-bond acceptors (Lipinski definition) is 2. The molecule has 1 N–H and O–H groups in total. The van der Waals surface area contributed by atoms with E-state index < -0.39 is 0 Å². The molecule has 2 heterocycles. The maximum atomic E-state index is 12.4. The van der Waals surface area contributed by atoms with E-state index in [1.54, 1.807) is 12.1 Å². The molecule has 130 valence electrons. The van der Waals surface area contributed by atoms with Crippen LogP contribution in [0.3, 0.4) is 0 Å². The highest BCUT2D eigenvalue weighted by Gasteiger charge is 2.07. The zero-order valence-electron chi connectivity index (χ0n) is 14.2. The third-order valence-corrected chi connectivity index (χ3v) is 4.67. The molecule has 0 aliphatic rings. The molecule has 0 saturated heterocycles. The molecular formula is C21H18ClN3O. The number of nitrogens with one attached hydrogen (secondary N) is 1. The number of carbonyl (C=O) groups is 1. The van der Waals surface area contributed by atoms with Crippen molar-refractivity contribution in [2.24, 2.45) is 0 Å². The molecule has 2 aromatic carbocycles. The number of para-hydroxylation sites is 1. The van der Waals surface area contributed by atoms with Gasteiger partial charge < -0.3 is 9.88 Å². The highest BCUT2D eigenvalue weighted by Crippen LogP contribution is 2.17. The van der Waals surface area contributed by atoms with Gasteiger partial charge in [0.2, 0.25) is 0 Å². The maximum Gasteiger partial charge on any atom is 0.251 e. The minimum absolute atomic E-state index is 0.0702. The number of benzene rings is 2. The molecule has 0 radical (unpaired) electrons. The van der Waals surface area contributed by atoms with Crippen molar-refractivity contribution < 1.29 is 4.79 Å². The van der Waals surface area contributed by atoms with Crippen molar-refractivity contribution in [3.8, 4) is 0 Å². The molecule has 4 rings (SSSR count). The van der Waals surface area contributed by atoms with Crippen LogP contribution in [0, 0.1) is 0 Å². The lowest BCUT2D eigenvalue weighted by atomic mass is 10.1. The van der Waals surface area contributed by atoms with Crippen LogP contribution in [0.1, 0.15) is 16.8 Å². The van der Waals surface area contributed by atoms with Gasteiger partial charge in [-0.2, -0.15) is 0 Å². The predicted octanol–water partition coefficient (Wildman–Crippen LogP) is 4.66. The minimum Gasteiger partial charge on any atom is -0.352 e. The van der Waals surface area contributed by atoms with E-state index in [0.717, 1.165) is 23.9 Å². The molecule has 0 fully saturated rings. The first-order valence-corrected chi connectivity index (χ1v) is 8.97. The zero-order chi connectivity index (χ0) is 17.9. The van der Waals surface area contributed by atoms with Gasteiger partial charge in [0.05, 0.1) is 5.52 Å². The molecule has 26 heavy (non-hydrogen) atoms. The van der Waals surface area contributed by atoms with Crippen LogP contribution in [0.15, 0.2) is 66.9 Å². The molecule has 5 heteroatoms. The quantitative estimate of drug-likeness (QED) is 0.414. The number of fused-ring (bicyclic) bond motifs is 2. The highest BCUT2D eigenvalue weighted by molar-refractivity contribution is 6.29. The van der Waals surface area contributed by atoms with E-state index >= 15 is 0 Å². The van der Waals surface area contributed by atoms with Crippen molar-refractivity contribution in [3.63, 3.8) is 0 Å². The maximum absolute atomic E-state index is 12.4. The Morgan fingerprint density at radius 2 is 1.92 bits per heavy atom. The molecule has 0 spiro atoms. The van der Waals surface area contributed by atoms with Crippen molar-refractivity contribution in [1.82, 2.24) is 14.9 Å².